The molecule has 1 aliphatic heterocycles. The summed E-state index contributed by atoms with van der Waals surface area (Å²) in [5.74, 6) is 1.21. The first kappa shape index (κ1) is 15.8. The molecule has 0 spiro atoms. The zero-order valence-electron chi connectivity index (χ0n) is 13.5. The fourth-order valence-corrected chi connectivity index (χ4v) is 2.82. The number of furan rings is 1. The van der Waals surface area contributed by atoms with Crippen LogP contribution in [0, 0.1) is 5.82 Å². The number of aromatic nitrogens is 3. The van der Waals surface area contributed by atoms with E-state index in [2.05, 4.69) is 20.0 Å². The van der Waals surface area contributed by atoms with Crippen molar-refractivity contribution >= 4 is 0 Å². The lowest BCUT2D eigenvalue weighted by Gasteiger charge is -2.30. The summed E-state index contributed by atoms with van der Waals surface area (Å²) in [6.45, 7) is 2.17. The number of halogens is 1. The van der Waals surface area contributed by atoms with E-state index in [4.69, 9.17) is 13.7 Å². The number of piperidine rings is 1. The smallest absolute Gasteiger partial charge is 0.250 e. The Morgan fingerprint density at radius 2 is 2.12 bits per heavy atom. The van der Waals surface area contributed by atoms with E-state index in [0.29, 0.717) is 24.0 Å². The molecular formula is C17H17FN4O3. The molecule has 4 heterocycles. The van der Waals surface area contributed by atoms with Gasteiger partial charge in [-0.15, -0.1) is 0 Å². The van der Waals surface area contributed by atoms with E-state index in [9.17, 15) is 4.39 Å². The van der Waals surface area contributed by atoms with Crippen molar-refractivity contribution < 1.29 is 18.1 Å². The summed E-state index contributed by atoms with van der Waals surface area (Å²) >= 11 is 0. The zero-order valence-corrected chi connectivity index (χ0v) is 13.5. The molecule has 0 amide bonds. The maximum absolute atomic E-state index is 13.6. The van der Waals surface area contributed by atoms with Gasteiger partial charge >= 0.3 is 0 Å². The molecule has 25 heavy (non-hydrogen) atoms. The lowest BCUT2D eigenvalue weighted by atomic mass is 10.1. The predicted octanol–water partition coefficient (Wildman–Crippen LogP) is 2.91. The number of likely N-dealkylation sites (tertiary alicyclic amines) is 1. The van der Waals surface area contributed by atoms with Crippen molar-refractivity contribution in [1.29, 1.82) is 0 Å². The third kappa shape index (κ3) is 3.69. The number of nitrogens with zero attached hydrogens (tertiary/aromatic N) is 4. The minimum atomic E-state index is -0.429. The van der Waals surface area contributed by atoms with E-state index < -0.39 is 5.82 Å². The summed E-state index contributed by atoms with van der Waals surface area (Å²) in [5, 5.41) is 3.92. The van der Waals surface area contributed by atoms with Crippen LogP contribution in [0.2, 0.25) is 0 Å². The lowest BCUT2D eigenvalue weighted by Crippen LogP contribution is -2.38. The van der Waals surface area contributed by atoms with Crippen LogP contribution in [0.15, 0.2) is 45.7 Å². The van der Waals surface area contributed by atoms with E-state index in [1.807, 2.05) is 0 Å². The second-order valence-electron chi connectivity index (χ2n) is 5.87. The van der Waals surface area contributed by atoms with Crippen LogP contribution in [0.25, 0.3) is 11.6 Å². The zero-order chi connectivity index (χ0) is 17.1. The summed E-state index contributed by atoms with van der Waals surface area (Å²) in [4.78, 5) is 10.5. The van der Waals surface area contributed by atoms with Gasteiger partial charge in [0.2, 0.25) is 11.7 Å². The molecule has 0 bridgehead atoms. The highest BCUT2D eigenvalue weighted by Gasteiger charge is 2.23. The topological polar surface area (TPSA) is 77.4 Å². The highest BCUT2D eigenvalue weighted by atomic mass is 19.1. The fourth-order valence-electron chi connectivity index (χ4n) is 2.82. The van der Waals surface area contributed by atoms with E-state index in [1.165, 1.54) is 12.3 Å². The third-order valence-electron chi connectivity index (χ3n) is 4.11. The Bertz CT molecular complexity index is 813. The van der Waals surface area contributed by atoms with Gasteiger partial charge in [0.15, 0.2) is 11.6 Å². The fraction of sp³-hybridized carbons (Fsp3) is 0.353. The molecule has 0 aliphatic carbocycles. The number of hydrogen-bond acceptors (Lipinski definition) is 7. The van der Waals surface area contributed by atoms with E-state index in [1.54, 1.807) is 24.5 Å². The molecule has 1 aliphatic rings. The maximum Gasteiger partial charge on any atom is 0.250 e. The Balaban J connectivity index is 1.30. The minimum absolute atomic E-state index is 0.0398. The van der Waals surface area contributed by atoms with Crippen molar-refractivity contribution in [2.75, 3.05) is 13.1 Å². The molecule has 0 atom stereocenters. The van der Waals surface area contributed by atoms with Crippen LogP contribution in [0.5, 0.6) is 5.88 Å². The van der Waals surface area contributed by atoms with Crippen molar-refractivity contribution in [2.24, 2.45) is 0 Å². The number of pyridine rings is 1. The van der Waals surface area contributed by atoms with Crippen LogP contribution in [0.1, 0.15) is 18.7 Å². The molecule has 3 aromatic rings. The Labute approximate surface area is 143 Å². The molecule has 1 saturated heterocycles. The van der Waals surface area contributed by atoms with E-state index in [-0.39, 0.29) is 12.0 Å². The average Bonchev–Trinajstić information content (AvgIpc) is 3.30. The normalized spacial score (nSPS) is 16.2. The minimum Gasteiger partial charge on any atom is -0.472 e. The molecule has 0 radical (unpaired) electrons. The summed E-state index contributed by atoms with van der Waals surface area (Å²) in [5.41, 5.74) is 0. The highest BCUT2D eigenvalue weighted by Crippen LogP contribution is 2.21. The van der Waals surface area contributed by atoms with Crippen molar-refractivity contribution in [2.45, 2.75) is 25.5 Å². The average molecular weight is 344 g/mol. The van der Waals surface area contributed by atoms with E-state index >= 15 is 0 Å². The predicted molar refractivity (Wildman–Crippen MR) is 85.1 cm³/mol. The molecule has 0 N–H and O–H groups in total. The van der Waals surface area contributed by atoms with Gasteiger partial charge in [-0.05, 0) is 37.1 Å². The molecule has 0 unspecified atom stereocenters. The molecule has 130 valence electrons. The first-order chi connectivity index (χ1) is 12.3. The van der Waals surface area contributed by atoms with Gasteiger partial charge in [-0.3, -0.25) is 4.90 Å². The second kappa shape index (κ2) is 7.02. The van der Waals surface area contributed by atoms with Gasteiger partial charge in [0.25, 0.3) is 5.88 Å². The Morgan fingerprint density at radius 1 is 1.24 bits per heavy atom. The van der Waals surface area contributed by atoms with Crippen LogP contribution in [-0.2, 0) is 6.54 Å². The van der Waals surface area contributed by atoms with Gasteiger partial charge in [0.05, 0.1) is 12.8 Å². The standard InChI is InChI=1S/C17H17FN4O3/c18-13-3-1-7-19-17(13)24-12-5-8-22(9-6-12)11-15-20-16(21-25-15)14-4-2-10-23-14/h1-4,7,10,12H,5-6,8-9,11H2. The molecular weight excluding hydrogens is 327 g/mol. The van der Waals surface area contributed by atoms with Crippen LogP contribution in [0.4, 0.5) is 4.39 Å². The molecule has 1 fully saturated rings. The van der Waals surface area contributed by atoms with Crippen LogP contribution in [0.3, 0.4) is 0 Å². The summed E-state index contributed by atoms with van der Waals surface area (Å²) in [6, 6.07) is 6.46. The summed E-state index contributed by atoms with van der Waals surface area (Å²) in [6.07, 6.45) is 4.63. The number of rotatable bonds is 5. The van der Waals surface area contributed by atoms with Crippen molar-refractivity contribution in [3.05, 3.63) is 48.4 Å². The molecule has 4 rings (SSSR count). The second-order valence-corrected chi connectivity index (χ2v) is 5.87. The molecule has 0 saturated carbocycles. The van der Waals surface area contributed by atoms with Gasteiger partial charge in [0, 0.05) is 19.3 Å². The van der Waals surface area contributed by atoms with Crippen LogP contribution in [-0.4, -0.2) is 39.2 Å². The van der Waals surface area contributed by atoms with E-state index in [0.717, 1.165) is 25.9 Å². The van der Waals surface area contributed by atoms with Crippen LogP contribution >= 0.6 is 0 Å². The quantitative estimate of drug-likeness (QED) is 0.704. The van der Waals surface area contributed by atoms with Crippen LogP contribution < -0.4 is 4.74 Å². The molecule has 0 aromatic carbocycles. The maximum atomic E-state index is 13.6. The highest BCUT2D eigenvalue weighted by molar-refractivity contribution is 5.44. The lowest BCUT2D eigenvalue weighted by molar-refractivity contribution is 0.0839. The van der Waals surface area contributed by atoms with Crippen molar-refractivity contribution in [1.82, 2.24) is 20.0 Å². The van der Waals surface area contributed by atoms with Gasteiger partial charge in [-0.1, -0.05) is 5.16 Å². The summed E-state index contributed by atoms with van der Waals surface area (Å²) in [7, 11) is 0. The molecule has 7 nitrogen and oxygen atoms in total. The first-order valence-electron chi connectivity index (χ1n) is 8.14. The van der Waals surface area contributed by atoms with Crippen molar-refractivity contribution in [3.8, 4) is 17.5 Å². The van der Waals surface area contributed by atoms with Gasteiger partial charge in [-0.25, -0.2) is 9.37 Å². The molecule has 3 aromatic heterocycles. The van der Waals surface area contributed by atoms with Gasteiger partial charge < -0.3 is 13.7 Å². The number of hydrogen-bond donors (Lipinski definition) is 0. The van der Waals surface area contributed by atoms with Gasteiger partial charge in [-0.2, -0.15) is 4.98 Å². The Hall–Kier alpha value is -2.74. The molecule has 8 heteroatoms. The number of ether oxygens (including phenoxy) is 1. The monoisotopic (exact) mass is 344 g/mol. The third-order valence-corrected chi connectivity index (χ3v) is 4.11. The summed E-state index contributed by atoms with van der Waals surface area (Å²) < 4.78 is 29.8. The Morgan fingerprint density at radius 3 is 2.88 bits per heavy atom. The Kier molecular flexibility index (Phi) is 4.43. The van der Waals surface area contributed by atoms with Crippen molar-refractivity contribution in [3.63, 3.8) is 0 Å². The van der Waals surface area contributed by atoms with Gasteiger partial charge in [0.1, 0.15) is 6.10 Å². The SMILES string of the molecule is Fc1cccnc1OC1CCN(Cc2nc(-c3ccco3)no2)CC1. The first-order valence-corrected chi connectivity index (χ1v) is 8.14. The largest absolute Gasteiger partial charge is 0.472 e.